The average molecular weight is 508 g/mol. The fourth-order valence-corrected chi connectivity index (χ4v) is 4.36. The van der Waals surface area contributed by atoms with Crippen molar-refractivity contribution in [2.75, 3.05) is 19.0 Å². The maximum absolute atomic E-state index is 12.8. The number of nitrogens with zero attached hydrogens (tertiary/aromatic N) is 2. The van der Waals surface area contributed by atoms with Gasteiger partial charge in [-0.3, -0.25) is 29.4 Å². The van der Waals surface area contributed by atoms with E-state index in [9.17, 15) is 24.5 Å². The minimum absolute atomic E-state index is 0.0167. The van der Waals surface area contributed by atoms with Gasteiger partial charge in [-0.25, -0.2) is 0 Å². The van der Waals surface area contributed by atoms with E-state index in [2.05, 4.69) is 5.32 Å². The van der Waals surface area contributed by atoms with Crippen LogP contribution in [0.25, 0.3) is 17.4 Å². The van der Waals surface area contributed by atoms with Crippen LogP contribution in [-0.2, 0) is 9.59 Å². The van der Waals surface area contributed by atoms with Crippen LogP contribution >= 0.6 is 11.8 Å². The number of methoxy groups -OCH3 is 1. The molecule has 0 radical (unpaired) electrons. The smallest absolute Gasteiger partial charge is 0.294 e. The van der Waals surface area contributed by atoms with Crippen molar-refractivity contribution in [3.8, 4) is 17.1 Å². The summed E-state index contributed by atoms with van der Waals surface area (Å²) >= 11 is 0.698. The topological polar surface area (TPSA) is 132 Å². The number of nitrogens with one attached hydrogen (secondary N) is 1. The third-order valence-electron chi connectivity index (χ3n) is 5.57. The Kier molecular flexibility index (Phi) is 6.93. The van der Waals surface area contributed by atoms with Crippen molar-refractivity contribution in [1.82, 2.24) is 4.90 Å². The molecule has 2 heterocycles. The summed E-state index contributed by atoms with van der Waals surface area (Å²) in [5.41, 5.74) is 2.31. The quantitative estimate of drug-likeness (QED) is 0.264. The van der Waals surface area contributed by atoms with E-state index in [0.29, 0.717) is 45.8 Å². The largest absolute Gasteiger partial charge is 0.497 e. The first-order valence-corrected chi connectivity index (χ1v) is 11.5. The number of ether oxygens (including phenoxy) is 1. The second-order valence-electron chi connectivity index (χ2n) is 7.94. The lowest BCUT2D eigenvalue weighted by Gasteiger charge is -2.12. The predicted octanol–water partition coefficient (Wildman–Crippen LogP) is 5.16. The van der Waals surface area contributed by atoms with Gasteiger partial charge in [0.05, 0.1) is 16.9 Å². The Hall–Kier alpha value is -4.38. The number of carbonyl (C=O) groups excluding carboxylic acids is 3. The first kappa shape index (κ1) is 24.7. The minimum atomic E-state index is -0.616. The fraction of sp³-hybridized carbons (Fsp3) is 0.160. The molecular weight excluding hydrogens is 486 g/mol. The number of imide groups is 1. The Morgan fingerprint density at radius 3 is 2.56 bits per heavy atom. The lowest BCUT2D eigenvalue weighted by atomic mass is 10.0. The Balaban J connectivity index is 1.47. The molecule has 10 nitrogen and oxygen atoms in total. The number of aryl methyl sites for hydroxylation is 1. The van der Waals surface area contributed by atoms with Gasteiger partial charge in [-0.2, -0.15) is 0 Å². The van der Waals surface area contributed by atoms with E-state index >= 15 is 0 Å². The molecule has 1 N–H and O–H groups in total. The van der Waals surface area contributed by atoms with Crippen molar-refractivity contribution in [1.29, 1.82) is 0 Å². The predicted molar refractivity (Wildman–Crippen MR) is 135 cm³/mol. The highest BCUT2D eigenvalue weighted by atomic mass is 32.2. The molecule has 0 aliphatic carbocycles. The van der Waals surface area contributed by atoms with Crippen LogP contribution in [0.2, 0.25) is 0 Å². The molecule has 11 heteroatoms. The zero-order valence-electron chi connectivity index (χ0n) is 19.6. The monoisotopic (exact) mass is 507 g/mol. The number of furan rings is 1. The Morgan fingerprint density at radius 2 is 1.89 bits per heavy atom. The summed E-state index contributed by atoms with van der Waals surface area (Å²) in [6, 6.07) is 13.1. The molecule has 0 atom stereocenters. The van der Waals surface area contributed by atoms with Gasteiger partial charge in [-0.15, -0.1) is 0 Å². The van der Waals surface area contributed by atoms with Gasteiger partial charge in [0.2, 0.25) is 5.91 Å². The van der Waals surface area contributed by atoms with E-state index in [1.54, 1.807) is 56.3 Å². The zero-order chi connectivity index (χ0) is 26.0. The fourth-order valence-electron chi connectivity index (χ4n) is 3.54. The first-order chi connectivity index (χ1) is 17.2. The third-order valence-corrected chi connectivity index (χ3v) is 6.48. The van der Waals surface area contributed by atoms with E-state index in [0.717, 1.165) is 10.5 Å². The van der Waals surface area contributed by atoms with Gasteiger partial charge in [0.1, 0.15) is 23.8 Å². The van der Waals surface area contributed by atoms with Crippen LogP contribution in [0.5, 0.6) is 5.75 Å². The number of amides is 3. The van der Waals surface area contributed by atoms with Crippen LogP contribution < -0.4 is 10.1 Å². The Labute approximate surface area is 210 Å². The molecule has 3 amide bonds. The van der Waals surface area contributed by atoms with Crippen LogP contribution in [0.3, 0.4) is 0 Å². The third kappa shape index (κ3) is 5.15. The molecule has 184 valence electrons. The van der Waals surface area contributed by atoms with Crippen molar-refractivity contribution in [2.45, 2.75) is 13.8 Å². The number of nitro benzene ring substituents is 1. The van der Waals surface area contributed by atoms with Crippen molar-refractivity contribution in [3.63, 3.8) is 0 Å². The van der Waals surface area contributed by atoms with Crippen LogP contribution in [0.15, 0.2) is 57.9 Å². The molecule has 1 aromatic heterocycles. The summed E-state index contributed by atoms with van der Waals surface area (Å²) in [5, 5.41) is 13.4. The van der Waals surface area contributed by atoms with Crippen LogP contribution in [0.1, 0.15) is 16.9 Å². The van der Waals surface area contributed by atoms with Crippen molar-refractivity contribution in [2.24, 2.45) is 0 Å². The highest BCUT2D eigenvalue weighted by Crippen LogP contribution is 2.34. The molecule has 0 spiro atoms. The van der Waals surface area contributed by atoms with Gasteiger partial charge in [0.25, 0.3) is 16.8 Å². The number of hydrogen-bond acceptors (Lipinski definition) is 8. The van der Waals surface area contributed by atoms with E-state index < -0.39 is 28.5 Å². The summed E-state index contributed by atoms with van der Waals surface area (Å²) < 4.78 is 10.8. The van der Waals surface area contributed by atoms with Gasteiger partial charge in [-0.05, 0) is 73.6 Å². The molecule has 1 saturated heterocycles. The van der Waals surface area contributed by atoms with Crippen molar-refractivity contribution < 1.29 is 28.5 Å². The van der Waals surface area contributed by atoms with E-state index in [1.165, 1.54) is 19.3 Å². The molecule has 1 aliphatic heterocycles. The summed E-state index contributed by atoms with van der Waals surface area (Å²) in [7, 11) is 1.53. The standard InChI is InChI=1S/C25H21N3O7S/c1-14-10-16(11-20(15(14)2)28(32)33)21-9-8-19(35-21)12-22-24(30)27(25(31)36-22)13-23(29)26-17-4-6-18(34-3)7-5-17/h4-12H,13H2,1-3H3,(H,26,29)/b22-12+. The molecule has 2 aromatic carbocycles. The van der Waals surface area contributed by atoms with Gasteiger partial charge < -0.3 is 14.5 Å². The summed E-state index contributed by atoms with van der Waals surface area (Å²) in [4.78, 5) is 49.4. The number of thioether (sulfide) groups is 1. The van der Waals surface area contributed by atoms with E-state index in [4.69, 9.17) is 9.15 Å². The molecule has 1 fully saturated rings. The molecular formula is C25H21N3O7S. The van der Waals surface area contributed by atoms with Gasteiger partial charge >= 0.3 is 0 Å². The maximum atomic E-state index is 12.8. The maximum Gasteiger partial charge on any atom is 0.294 e. The number of carbonyl (C=O) groups is 3. The lowest BCUT2D eigenvalue weighted by Crippen LogP contribution is -2.36. The molecule has 0 saturated carbocycles. The van der Waals surface area contributed by atoms with E-state index in [1.807, 2.05) is 0 Å². The number of anilines is 1. The normalized spacial score (nSPS) is 14.4. The average Bonchev–Trinajstić information content (AvgIpc) is 3.41. The SMILES string of the molecule is COc1ccc(NC(=O)CN2C(=O)S/C(=C/c3ccc(-c4cc(C)c(C)c([N+](=O)[O-])c4)o3)C2=O)cc1. The lowest BCUT2D eigenvalue weighted by molar-refractivity contribution is -0.385. The summed E-state index contributed by atoms with van der Waals surface area (Å²) in [6.07, 6.45) is 1.41. The van der Waals surface area contributed by atoms with Crippen LogP contribution in [-0.4, -0.2) is 40.5 Å². The number of nitro groups is 1. The Bertz CT molecular complexity index is 1410. The Morgan fingerprint density at radius 1 is 1.17 bits per heavy atom. The highest BCUT2D eigenvalue weighted by molar-refractivity contribution is 8.18. The van der Waals surface area contributed by atoms with E-state index in [-0.39, 0.29) is 10.6 Å². The second-order valence-corrected chi connectivity index (χ2v) is 8.93. The molecule has 1 aliphatic rings. The summed E-state index contributed by atoms with van der Waals surface area (Å²) in [6.45, 7) is 3.01. The van der Waals surface area contributed by atoms with Crippen LogP contribution in [0, 0.1) is 24.0 Å². The van der Waals surface area contributed by atoms with Crippen LogP contribution in [0.4, 0.5) is 16.2 Å². The molecule has 4 rings (SSSR count). The summed E-state index contributed by atoms with van der Waals surface area (Å²) in [5.74, 6) is 0.153. The second kappa shape index (κ2) is 10.1. The van der Waals surface area contributed by atoms with Crippen molar-refractivity contribution >= 4 is 46.3 Å². The molecule has 36 heavy (non-hydrogen) atoms. The number of rotatable bonds is 7. The van der Waals surface area contributed by atoms with Gasteiger partial charge in [-0.1, -0.05) is 0 Å². The number of benzene rings is 2. The molecule has 0 bridgehead atoms. The zero-order valence-corrected chi connectivity index (χ0v) is 20.4. The first-order valence-electron chi connectivity index (χ1n) is 10.7. The minimum Gasteiger partial charge on any atom is -0.497 e. The molecule has 3 aromatic rings. The number of hydrogen-bond donors (Lipinski definition) is 1. The van der Waals surface area contributed by atoms with Gasteiger partial charge in [0.15, 0.2) is 0 Å². The highest BCUT2D eigenvalue weighted by Gasteiger charge is 2.36. The van der Waals surface area contributed by atoms with Crippen molar-refractivity contribution in [3.05, 3.63) is 80.4 Å². The van der Waals surface area contributed by atoms with Gasteiger partial charge in [0, 0.05) is 29.0 Å². The molecule has 0 unspecified atom stereocenters.